The molecular formula is C28H40Br2O4. The van der Waals surface area contributed by atoms with Crippen LogP contribution in [-0.2, 0) is 11.2 Å². The number of carbonyl (C=O) groups excluding carboxylic acids is 1. The number of aliphatic hydroxyl groups is 1. The van der Waals surface area contributed by atoms with Crippen molar-refractivity contribution in [2.45, 2.75) is 101 Å². The number of benzene rings is 1. The number of aromatic hydroxyl groups is 1. The number of hydrogen-bond donors (Lipinski definition) is 2. The van der Waals surface area contributed by atoms with Crippen LogP contribution in [0.3, 0.4) is 0 Å². The number of halogens is 2. The lowest BCUT2D eigenvalue weighted by Gasteiger charge is -2.43. The lowest BCUT2D eigenvalue weighted by atomic mass is 9.62. The minimum atomic E-state index is -0.915. The van der Waals surface area contributed by atoms with Crippen LogP contribution < -0.4 is 0 Å². The smallest absolute Gasteiger partial charge is 0.338 e. The Morgan fingerprint density at radius 2 is 1.76 bits per heavy atom. The molecule has 0 spiro atoms. The van der Waals surface area contributed by atoms with Crippen LogP contribution in [0.5, 0.6) is 5.75 Å². The fourth-order valence-electron chi connectivity index (χ4n) is 7.13. The summed E-state index contributed by atoms with van der Waals surface area (Å²) in [5, 5.41) is 22.1. The topological polar surface area (TPSA) is 66.8 Å². The van der Waals surface area contributed by atoms with Crippen molar-refractivity contribution in [3.8, 4) is 5.75 Å². The number of hydrogen-bond acceptors (Lipinski definition) is 4. The fraction of sp³-hybridized carbons (Fsp3) is 0.750. The maximum absolute atomic E-state index is 13.2. The number of phenolic OH excluding ortho intramolecular Hbond substituents is 1. The van der Waals surface area contributed by atoms with Crippen LogP contribution in [0.1, 0.15) is 89.6 Å². The average Bonchev–Trinajstić information content (AvgIpc) is 3.52. The van der Waals surface area contributed by atoms with E-state index in [9.17, 15) is 15.0 Å². The highest BCUT2D eigenvalue weighted by atomic mass is 79.9. The Hall–Kier alpha value is -0.590. The monoisotopic (exact) mass is 598 g/mol. The van der Waals surface area contributed by atoms with Gasteiger partial charge in [0.15, 0.2) is 0 Å². The van der Waals surface area contributed by atoms with Gasteiger partial charge in [-0.05, 0) is 112 Å². The van der Waals surface area contributed by atoms with Crippen molar-refractivity contribution in [3.63, 3.8) is 0 Å². The lowest BCUT2D eigenvalue weighted by Crippen LogP contribution is -2.41. The highest BCUT2D eigenvalue weighted by Gasteiger charge is 2.68. The number of rotatable bonds is 1. The van der Waals surface area contributed by atoms with Gasteiger partial charge in [0, 0.05) is 4.83 Å². The minimum absolute atomic E-state index is 0.0484. The standard InChI is InChI=1S/C28H40Br2O4/c1-25(2)18-15-19(18)27(5)11-9-22(29)28(6,33)12-10-23(26(3,4)30)34-24(32)16-7-8-20(31)17(13-16)14-21(25)27/h7-8,13,18-19,21-23,31,33H,9-12,14-15H2,1-6H3/t18?,19?,21-,22-,23+,27-,28+/m1/s1. The normalized spacial score (nSPS) is 40.4. The van der Waals surface area contributed by atoms with Gasteiger partial charge >= 0.3 is 5.97 Å². The molecule has 1 aliphatic heterocycles. The molecule has 4 rings (SSSR count). The summed E-state index contributed by atoms with van der Waals surface area (Å²) in [6.07, 6.45) is 4.57. The first-order valence-corrected chi connectivity index (χ1v) is 14.4. The summed E-state index contributed by atoms with van der Waals surface area (Å²) >= 11 is 7.52. The molecule has 2 aliphatic carbocycles. The quantitative estimate of drug-likeness (QED) is 0.269. The van der Waals surface area contributed by atoms with Crippen LogP contribution in [0.4, 0.5) is 0 Å². The molecule has 2 fully saturated rings. The van der Waals surface area contributed by atoms with Crippen LogP contribution in [0.2, 0.25) is 0 Å². The summed E-state index contributed by atoms with van der Waals surface area (Å²) in [4.78, 5) is 13.1. The van der Waals surface area contributed by atoms with E-state index >= 15 is 0 Å². The number of phenols is 1. The molecule has 2 bridgehead atoms. The number of carbonyl (C=O) groups is 1. The summed E-state index contributed by atoms with van der Waals surface area (Å²) in [6.45, 7) is 13.0. The molecule has 190 valence electrons. The van der Waals surface area contributed by atoms with Crippen LogP contribution in [0.15, 0.2) is 18.2 Å². The second kappa shape index (κ2) is 8.76. The summed E-state index contributed by atoms with van der Waals surface area (Å²) in [5.41, 5.74) is 0.664. The highest BCUT2D eigenvalue weighted by molar-refractivity contribution is 9.10. The lowest BCUT2D eigenvalue weighted by molar-refractivity contribution is -0.000825. The Labute approximate surface area is 221 Å². The number of ether oxygens (including phenoxy) is 1. The van der Waals surface area contributed by atoms with Crippen molar-refractivity contribution in [2.24, 2.45) is 28.6 Å². The number of cyclic esters (lactones) is 1. The maximum atomic E-state index is 13.2. The molecule has 0 radical (unpaired) electrons. The zero-order valence-electron chi connectivity index (χ0n) is 21.3. The third kappa shape index (κ3) is 4.72. The average molecular weight is 600 g/mol. The Bertz CT molecular complexity index is 950. The largest absolute Gasteiger partial charge is 0.508 e. The summed E-state index contributed by atoms with van der Waals surface area (Å²) < 4.78 is 5.54. The van der Waals surface area contributed by atoms with Crippen LogP contribution in [-0.4, -0.2) is 37.0 Å². The Balaban J connectivity index is 1.75. The zero-order valence-corrected chi connectivity index (χ0v) is 24.5. The van der Waals surface area contributed by atoms with Gasteiger partial charge in [0.25, 0.3) is 0 Å². The fourth-order valence-corrected chi connectivity index (χ4v) is 7.91. The SMILES string of the molecule is CC(C)(Br)[C@@H]1CC[C@](C)(O)[C@H](Br)CC[C@]2(C)C3CC3C(C)(C)[C@H]2Cc2cc(ccc2O)C(=O)O1. The zero-order chi connectivity index (χ0) is 25.3. The van der Waals surface area contributed by atoms with Crippen LogP contribution in [0.25, 0.3) is 0 Å². The Morgan fingerprint density at radius 3 is 2.41 bits per heavy atom. The van der Waals surface area contributed by atoms with Crippen LogP contribution in [0, 0.1) is 28.6 Å². The molecule has 6 heteroatoms. The maximum Gasteiger partial charge on any atom is 0.338 e. The molecule has 1 heterocycles. The van der Waals surface area contributed by atoms with Gasteiger partial charge in [-0.2, -0.15) is 0 Å². The van der Waals surface area contributed by atoms with E-state index in [4.69, 9.17) is 4.74 Å². The van der Waals surface area contributed by atoms with E-state index in [0.29, 0.717) is 36.2 Å². The summed E-state index contributed by atoms with van der Waals surface area (Å²) in [7, 11) is 0. The van der Waals surface area contributed by atoms with Crippen molar-refractivity contribution < 1.29 is 19.7 Å². The van der Waals surface area contributed by atoms with Gasteiger partial charge < -0.3 is 14.9 Å². The van der Waals surface area contributed by atoms with Gasteiger partial charge in [-0.15, -0.1) is 0 Å². The molecular weight excluding hydrogens is 560 g/mol. The van der Waals surface area contributed by atoms with Crippen molar-refractivity contribution in [1.29, 1.82) is 0 Å². The van der Waals surface area contributed by atoms with E-state index in [-0.39, 0.29) is 27.4 Å². The third-order valence-electron chi connectivity index (χ3n) is 9.57. The first-order chi connectivity index (χ1) is 15.6. The molecule has 4 nitrogen and oxygen atoms in total. The van der Waals surface area contributed by atoms with E-state index in [1.54, 1.807) is 12.1 Å². The molecule has 0 saturated heterocycles. The number of alkyl halides is 2. The predicted molar refractivity (Wildman–Crippen MR) is 143 cm³/mol. The second-order valence-corrected chi connectivity index (χ2v) is 15.9. The minimum Gasteiger partial charge on any atom is -0.508 e. The first-order valence-electron chi connectivity index (χ1n) is 12.7. The van der Waals surface area contributed by atoms with E-state index < -0.39 is 16.0 Å². The second-order valence-electron chi connectivity index (χ2n) is 12.7. The van der Waals surface area contributed by atoms with Crippen molar-refractivity contribution in [1.82, 2.24) is 0 Å². The highest BCUT2D eigenvalue weighted by Crippen LogP contribution is 2.74. The molecule has 7 atom stereocenters. The molecule has 2 saturated carbocycles. The van der Waals surface area contributed by atoms with E-state index in [1.165, 1.54) is 6.42 Å². The van der Waals surface area contributed by atoms with E-state index in [0.717, 1.165) is 24.8 Å². The summed E-state index contributed by atoms with van der Waals surface area (Å²) in [5.74, 6) is 1.62. The number of esters is 1. The molecule has 2 unspecified atom stereocenters. The molecule has 1 aromatic carbocycles. The van der Waals surface area contributed by atoms with Gasteiger partial charge in [-0.1, -0.05) is 52.6 Å². The van der Waals surface area contributed by atoms with Gasteiger partial charge in [-0.3, -0.25) is 0 Å². The first kappa shape index (κ1) is 26.5. The molecule has 34 heavy (non-hydrogen) atoms. The van der Waals surface area contributed by atoms with Crippen molar-refractivity contribution in [3.05, 3.63) is 29.3 Å². The number of fused-ring (bicyclic) bond motifs is 5. The van der Waals surface area contributed by atoms with E-state index in [2.05, 4.69) is 52.6 Å². The molecule has 0 aromatic heterocycles. The Kier molecular flexibility index (Phi) is 6.82. The third-order valence-corrected chi connectivity index (χ3v) is 11.5. The van der Waals surface area contributed by atoms with Crippen LogP contribution >= 0.6 is 31.9 Å². The van der Waals surface area contributed by atoms with Crippen molar-refractivity contribution >= 4 is 37.8 Å². The molecule has 1 aromatic rings. The molecule has 2 N–H and O–H groups in total. The van der Waals surface area contributed by atoms with Gasteiger partial charge in [-0.25, -0.2) is 4.79 Å². The Morgan fingerprint density at radius 1 is 1.09 bits per heavy atom. The summed E-state index contributed by atoms with van der Waals surface area (Å²) in [6, 6.07) is 5.12. The molecule has 0 amide bonds. The van der Waals surface area contributed by atoms with Gasteiger partial charge in [0.05, 0.1) is 15.5 Å². The molecule has 3 aliphatic rings. The van der Waals surface area contributed by atoms with Crippen molar-refractivity contribution in [2.75, 3.05) is 0 Å². The van der Waals surface area contributed by atoms with Gasteiger partial charge in [0.1, 0.15) is 11.9 Å². The predicted octanol–water partition coefficient (Wildman–Crippen LogP) is 7.02. The van der Waals surface area contributed by atoms with E-state index in [1.807, 2.05) is 26.8 Å². The van der Waals surface area contributed by atoms with Gasteiger partial charge in [0.2, 0.25) is 0 Å².